The smallest absolute Gasteiger partial charge is 0.264 e. The van der Waals surface area contributed by atoms with Crippen LogP contribution < -0.4 is 10.0 Å². The van der Waals surface area contributed by atoms with E-state index in [0.29, 0.717) is 22.5 Å². The molecule has 0 aliphatic rings. The minimum absolute atomic E-state index is 0.283. The Hall–Kier alpha value is -2.01. The van der Waals surface area contributed by atoms with Crippen molar-refractivity contribution >= 4 is 21.4 Å². The van der Waals surface area contributed by atoms with Gasteiger partial charge in [0.1, 0.15) is 0 Å². The van der Waals surface area contributed by atoms with Crippen LogP contribution in [0.1, 0.15) is 16.7 Å². The van der Waals surface area contributed by atoms with Crippen molar-refractivity contribution in [3.63, 3.8) is 0 Å². The fraction of sp³-hybridized carbons (Fsp3) is 0.250. The van der Waals surface area contributed by atoms with Crippen LogP contribution >= 0.6 is 0 Å². The highest BCUT2D eigenvalue weighted by molar-refractivity contribution is 7.93. The average molecular weight is 304 g/mol. The first-order valence-electron chi connectivity index (χ1n) is 6.66. The molecule has 0 fully saturated rings. The standard InChI is InChI=1S/C16H20N2O2S/c1-11-5-8-14(9-6-11)18(4)21(19,20)16-12(2)7-10-15(17)13(16)3/h5-10H,17H2,1-4H3. The second-order valence-electron chi connectivity index (χ2n) is 5.23. The van der Waals surface area contributed by atoms with Crippen LogP contribution in [0.4, 0.5) is 11.4 Å². The lowest BCUT2D eigenvalue weighted by atomic mass is 10.1. The SMILES string of the molecule is Cc1ccc(N(C)S(=O)(=O)c2c(C)ccc(N)c2C)cc1. The van der Waals surface area contributed by atoms with Crippen LogP contribution in [0.5, 0.6) is 0 Å². The molecule has 0 heterocycles. The first-order chi connectivity index (χ1) is 9.75. The third-order valence-electron chi connectivity index (χ3n) is 3.66. The molecule has 0 unspecified atom stereocenters. The molecule has 0 saturated heterocycles. The van der Waals surface area contributed by atoms with Crippen LogP contribution in [0.25, 0.3) is 0 Å². The Balaban J connectivity index is 2.57. The number of hydrogen-bond donors (Lipinski definition) is 1. The van der Waals surface area contributed by atoms with E-state index in [1.807, 2.05) is 19.1 Å². The maximum absolute atomic E-state index is 12.9. The monoisotopic (exact) mass is 304 g/mol. The summed E-state index contributed by atoms with van der Waals surface area (Å²) in [4.78, 5) is 0.283. The minimum Gasteiger partial charge on any atom is -0.398 e. The predicted octanol–water partition coefficient (Wildman–Crippen LogP) is 3.02. The van der Waals surface area contributed by atoms with Crippen molar-refractivity contribution in [2.75, 3.05) is 17.1 Å². The summed E-state index contributed by atoms with van der Waals surface area (Å²) in [5.74, 6) is 0. The summed E-state index contributed by atoms with van der Waals surface area (Å²) in [5.41, 5.74) is 9.34. The van der Waals surface area contributed by atoms with Crippen molar-refractivity contribution in [3.8, 4) is 0 Å². The first kappa shape index (κ1) is 15.4. The van der Waals surface area contributed by atoms with Crippen molar-refractivity contribution < 1.29 is 8.42 Å². The summed E-state index contributed by atoms with van der Waals surface area (Å²) < 4.78 is 27.1. The van der Waals surface area contributed by atoms with Crippen LogP contribution in [0.3, 0.4) is 0 Å². The van der Waals surface area contributed by atoms with Gasteiger partial charge in [0.05, 0.1) is 10.6 Å². The van der Waals surface area contributed by atoms with Gasteiger partial charge in [0.25, 0.3) is 10.0 Å². The van der Waals surface area contributed by atoms with Gasteiger partial charge in [0, 0.05) is 12.7 Å². The van der Waals surface area contributed by atoms with E-state index in [9.17, 15) is 8.42 Å². The number of anilines is 2. The Labute approximate surface area is 126 Å². The third kappa shape index (κ3) is 2.74. The molecule has 0 spiro atoms. The maximum atomic E-state index is 12.9. The van der Waals surface area contributed by atoms with Crippen LogP contribution in [0.2, 0.25) is 0 Å². The van der Waals surface area contributed by atoms with Gasteiger partial charge in [-0.3, -0.25) is 4.31 Å². The lowest BCUT2D eigenvalue weighted by molar-refractivity contribution is 0.593. The highest BCUT2D eigenvalue weighted by Gasteiger charge is 2.26. The van der Waals surface area contributed by atoms with Crippen molar-refractivity contribution in [3.05, 3.63) is 53.1 Å². The molecule has 112 valence electrons. The maximum Gasteiger partial charge on any atom is 0.264 e. The number of aryl methyl sites for hydroxylation is 2. The van der Waals surface area contributed by atoms with E-state index in [2.05, 4.69) is 0 Å². The van der Waals surface area contributed by atoms with Gasteiger partial charge in [0.2, 0.25) is 0 Å². The number of nitrogens with two attached hydrogens (primary N) is 1. The van der Waals surface area contributed by atoms with E-state index < -0.39 is 10.0 Å². The average Bonchev–Trinajstić information content (AvgIpc) is 2.43. The fourth-order valence-corrected chi connectivity index (χ4v) is 3.92. The summed E-state index contributed by atoms with van der Waals surface area (Å²) in [6, 6.07) is 10.8. The Morgan fingerprint density at radius 1 is 0.952 bits per heavy atom. The van der Waals surface area contributed by atoms with E-state index in [-0.39, 0.29) is 4.90 Å². The Kier molecular flexibility index (Phi) is 3.96. The van der Waals surface area contributed by atoms with E-state index >= 15 is 0 Å². The zero-order chi connectivity index (χ0) is 15.8. The van der Waals surface area contributed by atoms with Crippen LogP contribution in [0.15, 0.2) is 41.3 Å². The van der Waals surface area contributed by atoms with Gasteiger partial charge in [-0.1, -0.05) is 23.8 Å². The van der Waals surface area contributed by atoms with Crippen LogP contribution in [-0.4, -0.2) is 15.5 Å². The molecule has 2 rings (SSSR count). The number of rotatable bonds is 3. The molecule has 4 nitrogen and oxygen atoms in total. The molecule has 5 heteroatoms. The Morgan fingerprint density at radius 3 is 2.10 bits per heavy atom. The van der Waals surface area contributed by atoms with Gasteiger partial charge in [-0.05, 0) is 50.1 Å². The third-order valence-corrected chi connectivity index (χ3v) is 5.74. The zero-order valence-electron chi connectivity index (χ0n) is 12.7. The molecule has 0 aliphatic carbocycles. The van der Waals surface area contributed by atoms with Gasteiger partial charge in [-0.15, -0.1) is 0 Å². The number of hydrogen-bond acceptors (Lipinski definition) is 3. The fourth-order valence-electron chi connectivity index (χ4n) is 2.27. The molecule has 0 amide bonds. The quantitative estimate of drug-likeness (QED) is 0.887. The molecule has 2 aromatic rings. The summed E-state index contributed by atoms with van der Waals surface area (Å²) >= 11 is 0. The zero-order valence-corrected chi connectivity index (χ0v) is 13.5. The molecule has 0 bridgehead atoms. The molecule has 0 atom stereocenters. The summed E-state index contributed by atoms with van der Waals surface area (Å²) in [6.45, 7) is 5.48. The summed E-state index contributed by atoms with van der Waals surface area (Å²) in [5, 5.41) is 0. The molecule has 21 heavy (non-hydrogen) atoms. The second kappa shape index (κ2) is 5.41. The Bertz CT molecular complexity index is 766. The Morgan fingerprint density at radius 2 is 1.52 bits per heavy atom. The molecular weight excluding hydrogens is 284 g/mol. The van der Waals surface area contributed by atoms with Crippen LogP contribution in [-0.2, 0) is 10.0 Å². The number of nitrogen functional groups attached to an aromatic ring is 1. The largest absolute Gasteiger partial charge is 0.398 e. The number of benzene rings is 2. The van der Waals surface area contributed by atoms with E-state index in [4.69, 9.17) is 5.73 Å². The van der Waals surface area contributed by atoms with Crippen molar-refractivity contribution in [1.82, 2.24) is 0 Å². The van der Waals surface area contributed by atoms with Gasteiger partial charge in [-0.2, -0.15) is 0 Å². The molecule has 2 aromatic carbocycles. The molecular formula is C16H20N2O2S. The molecule has 0 radical (unpaired) electrons. The van der Waals surface area contributed by atoms with Gasteiger partial charge >= 0.3 is 0 Å². The van der Waals surface area contributed by atoms with Gasteiger partial charge in [0.15, 0.2) is 0 Å². The topological polar surface area (TPSA) is 63.4 Å². The highest BCUT2D eigenvalue weighted by Crippen LogP contribution is 2.29. The predicted molar refractivity (Wildman–Crippen MR) is 87.1 cm³/mol. The van der Waals surface area contributed by atoms with Crippen molar-refractivity contribution in [2.45, 2.75) is 25.7 Å². The summed E-state index contributed by atoms with van der Waals surface area (Å²) in [6.07, 6.45) is 0. The molecule has 0 aromatic heterocycles. The number of nitrogens with zero attached hydrogens (tertiary/aromatic N) is 1. The second-order valence-corrected chi connectivity index (χ2v) is 7.14. The lowest BCUT2D eigenvalue weighted by Gasteiger charge is -2.22. The van der Waals surface area contributed by atoms with Crippen LogP contribution in [0, 0.1) is 20.8 Å². The molecule has 2 N–H and O–H groups in total. The minimum atomic E-state index is -3.64. The molecule has 0 saturated carbocycles. The first-order valence-corrected chi connectivity index (χ1v) is 8.10. The molecule has 0 aliphatic heterocycles. The van der Waals surface area contributed by atoms with Gasteiger partial charge < -0.3 is 5.73 Å². The lowest BCUT2D eigenvalue weighted by Crippen LogP contribution is -2.28. The summed E-state index contributed by atoms with van der Waals surface area (Å²) in [7, 11) is -2.08. The van der Waals surface area contributed by atoms with Crippen molar-refractivity contribution in [1.29, 1.82) is 0 Å². The number of sulfonamides is 1. The van der Waals surface area contributed by atoms with Gasteiger partial charge in [-0.25, -0.2) is 8.42 Å². The normalized spacial score (nSPS) is 11.4. The van der Waals surface area contributed by atoms with E-state index in [0.717, 1.165) is 5.56 Å². The highest BCUT2D eigenvalue weighted by atomic mass is 32.2. The van der Waals surface area contributed by atoms with E-state index in [1.165, 1.54) is 4.31 Å². The van der Waals surface area contributed by atoms with Crippen molar-refractivity contribution in [2.24, 2.45) is 0 Å². The van der Waals surface area contributed by atoms with E-state index in [1.54, 1.807) is 45.2 Å².